The fraction of sp³-hybridized carbons (Fsp3) is 0.632. The Morgan fingerprint density at radius 2 is 1.84 bits per heavy atom. The highest BCUT2D eigenvalue weighted by Gasteiger charge is 2.17. The monoisotopic (exact) mass is 348 g/mol. The van der Waals surface area contributed by atoms with Gasteiger partial charge in [-0.1, -0.05) is 25.1 Å². The van der Waals surface area contributed by atoms with Crippen LogP contribution in [0.25, 0.3) is 0 Å². The normalized spacial score (nSPS) is 17.8. The standard InChI is InChI=1S/C19H32N4O2/c1-16(15-24)17(2)21-19(25)20-9-6-10-22-11-13-23(14-12-22)18-7-4-3-5-8-18/h3-5,7-8,16-17,24H,6,9-15H2,1-2H3,(H2,20,21,25). The Balaban J connectivity index is 1.57. The molecule has 1 heterocycles. The molecule has 140 valence electrons. The molecule has 0 aromatic heterocycles. The summed E-state index contributed by atoms with van der Waals surface area (Å²) in [6.07, 6.45) is 0.947. The van der Waals surface area contributed by atoms with E-state index < -0.39 is 0 Å². The van der Waals surface area contributed by atoms with Crippen molar-refractivity contribution >= 4 is 11.7 Å². The van der Waals surface area contributed by atoms with E-state index in [-0.39, 0.29) is 24.6 Å². The first-order valence-electron chi connectivity index (χ1n) is 9.27. The average Bonchev–Trinajstić information content (AvgIpc) is 2.65. The van der Waals surface area contributed by atoms with Crippen molar-refractivity contribution in [3.8, 4) is 0 Å². The molecule has 2 rings (SSSR count). The van der Waals surface area contributed by atoms with Crippen LogP contribution in [0.15, 0.2) is 30.3 Å². The second-order valence-electron chi connectivity index (χ2n) is 6.87. The van der Waals surface area contributed by atoms with Crippen LogP contribution < -0.4 is 15.5 Å². The van der Waals surface area contributed by atoms with Crippen molar-refractivity contribution in [2.45, 2.75) is 26.3 Å². The summed E-state index contributed by atoms with van der Waals surface area (Å²) in [6, 6.07) is 10.4. The molecule has 0 saturated carbocycles. The highest BCUT2D eigenvalue weighted by molar-refractivity contribution is 5.74. The van der Waals surface area contributed by atoms with Gasteiger partial charge < -0.3 is 20.6 Å². The third kappa shape index (κ3) is 6.55. The first-order valence-corrected chi connectivity index (χ1v) is 9.27. The molecule has 2 unspecified atom stereocenters. The summed E-state index contributed by atoms with van der Waals surface area (Å²) < 4.78 is 0. The largest absolute Gasteiger partial charge is 0.396 e. The van der Waals surface area contributed by atoms with Crippen molar-refractivity contribution in [3.05, 3.63) is 30.3 Å². The van der Waals surface area contributed by atoms with Gasteiger partial charge in [-0.15, -0.1) is 0 Å². The fourth-order valence-electron chi connectivity index (χ4n) is 2.93. The van der Waals surface area contributed by atoms with Crippen molar-refractivity contribution in [1.29, 1.82) is 0 Å². The van der Waals surface area contributed by atoms with Crippen LogP contribution in [-0.2, 0) is 0 Å². The lowest BCUT2D eigenvalue weighted by atomic mass is 10.1. The lowest BCUT2D eigenvalue weighted by Crippen LogP contribution is -2.47. The molecule has 6 nitrogen and oxygen atoms in total. The summed E-state index contributed by atoms with van der Waals surface area (Å²) in [7, 11) is 0. The number of carbonyl (C=O) groups excluding carboxylic acids is 1. The van der Waals surface area contributed by atoms with Crippen LogP contribution in [-0.4, -0.2) is 68.0 Å². The van der Waals surface area contributed by atoms with E-state index >= 15 is 0 Å². The predicted octanol–water partition coefficient (Wildman–Crippen LogP) is 1.51. The molecule has 3 N–H and O–H groups in total. The number of anilines is 1. The van der Waals surface area contributed by atoms with Crippen LogP contribution in [0.1, 0.15) is 20.3 Å². The number of hydrogen-bond donors (Lipinski definition) is 3. The van der Waals surface area contributed by atoms with Crippen molar-refractivity contribution < 1.29 is 9.90 Å². The van der Waals surface area contributed by atoms with Crippen LogP contribution in [0.4, 0.5) is 10.5 Å². The number of amides is 2. The topological polar surface area (TPSA) is 67.8 Å². The quantitative estimate of drug-likeness (QED) is 0.623. The highest BCUT2D eigenvalue weighted by atomic mass is 16.3. The van der Waals surface area contributed by atoms with Gasteiger partial charge in [-0.3, -0.25) is 4.90 Å². The van der Waals surface area contributed by atoms with Crippen LogP contribution >= 0.6 is 0 Å². The number of nitrogens with one attached hydrogen (secondary N) is 2. The highest BCUT2D eigenvalue weighted by Crippen LogP contribution is 2.15. The minimum Gasteiger partial charge on any atom is -0.396 e. The minimum atomic E-state index is -0.151. The van der Waals surface area contributed by atoms with Gasteiger partial charge in [0.05, 0.1) is 0 Å². The maximum Gasteiger partial charge on any atom is 0.315 e. The second kappa shape index (κ2) is 10.3. The van der Waals surface area contributed by atoms with Gasteiger partial charge in [0, 0.05) is 51.1 Å². The van der Waals surface area contributed by atoms with Gasteiger partial charge >= 0.3 is 6.03 Å². The van der Waals surface area contributed by atoms with Gasteiger partial charge in [0.15, 0.2) is 0 Å². The Kier molecular flexibility index (Phi) is 8.01. The summed E-state index contributed by atoms with van der Waals surface area (Å²) >= 11 is 0. The first-order chi connectivity index (χ1) is 12.1. The fourth-order valence-corrected chi connectivity index (χ4v) is 2.93. The van der Waals surface area contributed by atoms with Crippen molar-refractivity contribution in [2.75, 3.05) is 50.8 Å². The molecule has 2 amide bonds. The molecule has 1 fully saturated rings. The van der Waals surface area contributed by atoms with Crippen molar-refractivity contribution in [2.24, 2.45) is 5.92 Å². The summed E-state index contributed by atoms with van der Waals surface area (Å²) in [5.74, 6) is 0.0617. The van der Waals surface area contributed by atoms with E-state index in [4.69, 9.17) is 5.11 Å². The van der Waals surface area contributed by atoms with Crippen molar-refractivity contribution in [1.82, 2.24) is 15.5 Å². The molecular formula is C19H32N4O2. The predicted molar refractivity (Wildman–Crippen MR) is 102 cm³/mol. The Morgan fingerprint density at radius 3 is 2.48 bits per heavy atom. The Labute approximate surface area is 151 Å². The van der Waals surface area contributed by atoms with E-state index in [1.54, 1.807) is 0 Å². The molecular weight excluding hydrogens is 316 g/mol. The van der Waals surface area contributed by atoms with E-state index in [9.17, 15) is 4.79 Å². The summed E-state index contributed by atoms with van der Waals surface area (Å²) in [5.41, 5.74) is 1.30. The van der Waals surface area contributed by atoms with Gasteiger partial charge in [0.2, 0.25) is 0 Å². The maximum absolute atomic E-state index is 11.8. The number of piperazine rings is 1. The summed E-state index contributed by atoms with van der Waals surface area (Å²) in [6.45, 7) is 9.81. The zero-order valence-electron chi connectivity index (χ0n) is 15.4. The van der Waals surface area contributed by atoms with Gasteiger partial charge in [-0.25, -0.2) is 4.79 Å². The lowest BCUT2D eigenvalue weighted by molar-refractivity contribution is 0.200. The molecule has 1 aliphatic heterocycles. The number of rotatable bonds is 8. The number of carbonyl (C=O) groups is 1. The number of aliphatic hydroxyl groups excluding tert-OH is 1. The van der Waals surface area contributed by atoms with Crippen LogP contribution in [0, 0.1) is 5.92 Å². The van der Waals surface area contributed by atoms with E-state index in [2.05, 4.69) is 44.7 Å². The number of urea groups is 1. The zero-order chi connectivity index (χ0) is 18.1. The molecule has 1 aromatic rings. The number of nitrogens with zero attached hydrogens (tertiary/aromatic N) is 2. The molecule has 0 bridgehead atoms. The van der Waals surface area contributed by atoms with Crippen LogP contribution in [0.3, 0.4) is 0 Å². The number of para-hydroxylation sites is 1. The molecule has 25 heavy (non-hydrogen) atoms. The molecule has 2 atom stereocenters. The van der Waals surface area contributed by atoms with Crippen LogP contribution in [0.5, 0.6) is 0 Å². The van der Waals surface area contributed by atoms with E-state index in [0.717, 1.165) is 39.1 Å². The minimum absolute atomic E-state index is 0.0314. The van der Waals surface area contributed by atoms with E-state index in [1.165, 1.54) is 5.69 Å². The summed E-state index contributed by atoms with van der Waals surface area (Å²) in [5, 5.41) is 14.8. The zero-order valence-corrected chi connectivity index (χ0v) is 15.4. The Hall–Kier alpha value is -1.79. The first kappa shape index (κ1) is 19.5. The number of aliphatic hydroxyl groups is 1. The van der Waals surface area contributed by atoms with E-state index in [0.29, 0.717) is 6.54 Å². The average molecular weight is 348 g/mol. The molecule has 1 saturated heterocycles. The van der Waals surface area contributed by atoms with Crippen molar-refractivity contribution in [3.63, 3.8) is 0 Å². The number of hydrogen-bond acceptors (Lipinski definition) is 4. The summed E-state index contributed by atoms with van der Waals surface area (Å²) in [4.78, 5) is 16.7. The smallest absolute Gasteiger partial charge is 0.315 e. The molecule has 0 radical (unpaired) electrons. The molecule has 1 aliphatic rings. The van der Waals surface area contributed by atoms with Gasteiger partial charge in [-0.2, -0.15) is 0 Å². The Morgan fingerprint density at radius 1 is 1.16 bits per heavy atom. The third-order valence-corrected chi connectivity index (χ3v) is 4.93. The Bertz CT molecular complexity index is 503. The molecule has 0 aliphatic carbocycles. The van der Waals surface area contributed by atoms with Crippen LogP contribution in [0.2, 0.25) is 0 Å². The van der Waals surface area contributed by atoms with E-state index in [1.807, 2.05) is 19.9 Å². The van der Waals surface area contributed by atoms with Gasteiger partial charge in [0.25, 0.3) is 0 Å². The second-order valence-corrected chi connectivity index (χ2v) is 6.87. The number of benzene rings is 1. The lowest BCUT2D eigenvalue weighted by Gasteiger charge is -2.36. The molecule has 6 heteroatoms. The molecule has 1 aromatic carbocycles. The van der Waals surface area contributed by atoms with Gasteiger partial charge in [0.1, 0.15) is 0 Å². The SMILES string of the molecule is CC(CO)C(C)NC(=O)NCCCN1CCN(c2ccccc2)CC1. The molecule has 0 spiro atoms. The maximum atomic E-state index is 11.8. The van der Waals surface area contributed by atoms with Gasteiger partial charge in [-0.05, 0) is 37.9 Å². The third-order valence-electron chi connectivity index (χ3n) is 4.93.